The molecule has 0 saturated heterocycles. The first-order chi connectivity index (χ1) is 2.27. The minimum atomic E-state index is -1.59. The van der Waals surface area contributed by atoms with Crippen LogP contribution in [0.5, 0.6) is 0 Å². The highest BCUT2D eigenvalue weighted by molar-refractivity contribution is 14.2. The van der Waals surface area contributed by atoms with E-state index < -0.39 is 5.75 Å². The third kappa shape index (κ3) is 11.0. The highest BCUT2D eigenvalue weighted by Crippen LogP contribution is 2.39. The van der Waals surface area contributed by atoms with E-state index in [1.165, 1.54) is 0 Å². The van der Waals surface area contributed by atoms with Gasteiger partial charge in [0, 0.05) is 0 Å². The molecular formula is HBFIP. The normalized spacial score (nSPS) is 18.0. The molecule has 0 aromatic rings. The Bertz CT molecular complexity index is 25.6. The summed E-state index contributed by atoms with van der Waals surface area (Å²) in [5, 5.41) is 0. The molecule has 0 aliphatic heterocycles. The standard InChI is InChI=1S/BFHIP/c1-4(2)3/h1H/i1T. The van der Waals surface area contributed by atoms with Crippen molar-refractivity contribution >= 4 is 35.3 Å². The van der Waals surface area contributed by atoms with E-state index in [1.807, 2.05) is 0 Å². The van der Waals surface area contributed by atoms with Crippen molar-refractivity contribution in [1.82, 2.24) is 0 Å². The monoisotopic (exact) mass is 191 g/mol. The summed E-state index contributed by atoms with van der Waals surface area (Å²) in [6, 6.07) is 0. The van der Waals surface area contributed by atoms with Gasteiger partial charge in [-0.3, -0.25) is 0 Å². The van der Waals surface area contributed by atoms with Gasteiger partial charge in [0.25, 0.3) is 0 Å². The first-order valence-electron chi connectivity index (χ1n) is 1.17. The number of halogens is 2. The summed E-state index contributed by atoms with van der Waals surface area (Å²) in [4.78, 5) is 0. The molecule has 0 amide bonds. The largest absolute Gasteiger partial charge is 0.228 e. The molecule has 0 spiro atoms. The van der Waals surface area contributed by atoms with Gasteiger partial charge in [-0.2, -0.15) is 0 Å². The first-order valence-corrected chi connectivity index (χ1v) is 4.68. The van der Waals surface area contributed by atoms with Crippen LogP contribution in [0.2, 0.25) is 0 Å². The fourth-order valence-electron chi connectivity index (χ4n) is 0. The summed E-state index contributed by atoms with van der Waals surface area (Å²) in [6.07, 6.45) is 0. The Balaban J connectivity index is 2.54. The van der Waals surface area contributed by atoms with Crippen LogP contribution < -0.4 is 0 Å². The third-order valence-electron chi connectivity index (χ3n) is 0. The topological polar surface area (TPSA) is 0 Å². The first kappa shape index (κ1) is 3.35. The predicted molar refractivity (Wildman–Crippen MR) is 29.2 cm³/mol. The fourth-order valence-corrected chi connectivity index (χ4v) is 0. The van der Waals surface area contributed by atoms with Gasteiger partial charge in [-0.25, -0.2) is 4.20 Å². The zero-order chi connectivity index (χ0) is 4.28. The maximum atomic E-state index is 11.2. The Labute approximate surface area is 41.2 Å². The molecule has 0 aromatic heterocycles. The highest BCUT2D eigenvalue weighted by atomic mass is 127. The van der Waals surface area contributed by atoms with Crippen LogP contribution in [0.25, 0.3) is 0 Å². The summed E-state index contributed by atoms with van der Waals surface area (Å²) in [6.45, 7) is 0. The minimum absolute atomic E-state index is 0.801. The second-order valence-corrected chi connectivity index (χ2v) is 3.54. The van der Waals surface area contributed by atoms with E-state index in [0.717, 1.165) is 7.53 Å². The summed E-state index contributed by atoms with van der Waals surface area (Å²) in [7, 11) is 0.801. The molecule has 1 radical (unpaired) electrons. The van der Waals surface area contributed by atoms with Crippen molar-refractivity contribution < 1.29 is 4.20 Å². The second kappa shape index (κ2) is 2.40. The molecule has 4 heavy (non-hydrogen) atoms. The van der Waals surface area contributed by atoms with E-state index in [4.69, 9.17) is 1.34 Å². The minimum Gasteiger partial charge on any atom is -0.228 e. The molecule has 1 unspecified atom stereocenters. The summed E-state index contributed by atoms with van der Waals surface area (Å²) in [5.74, 6) is -1.59. The van der Waals surface area contributed by atoms with Gasteiger partial charge in [-0.05, 0) is 23.4 Å². The quantitative estimate of drug-likeness (QED) is 0.334. The van der Waals surface area contributed by atoms with E-state index in [9.17, 15) is 4.20 Å². The summed E-state index contributed by atoms with van der Waals surface area (Å²) in [5.41, 5.74) is 0. The van der Waals surface area contributed by atoms with E-state index in [0.29, 0.717) is 0 Å². The summed E-state index contributed by atoms with van der Waals surface area (Å²) >= 11 is 1.56. The molecule has 0 fully saturated rings. The molecule has 0 nitrogen and oxygen atoms in total. The van der Waals surface area contributed by atoms with Crippen molar-refractivity contribution in [3.63, 3.8) is 0 Å². The lowest BCUT2D eigenvalue weighted by molar-refractivity contribution is 0.933. The van der Waals surface area contributed by atoms with Gasteiger partial charge in [0.15, 0.2) is 7.53 Å². The van der Waals surface area contributed by atoms with Crippen molar-refractivity contribution in [2.45, 2.75) is 0 Å². The second-order valence-electron chi connectivity index (χ2n) is 0.259. The lowest BCUT2D eigenvalue weighted by Gasteiger charge is -1.71. The zero-order valence-electron chi connectivity index (χ0n) is 2.78. The number of hydrogen-bond donors (Lipinski definition) is 0. The van der Waals surface area contributed by atoms with Gasteiger partial charge in [0.2, 0.25) is 0 Å². The van der Waals surface area contributed by atoms with Gasteiger partial charge in [-0.15, -0.1) is 0 Å². The smallest absolute Gasteiger partial charge is 0.182 e. The number of rotatable bonds is 1. The van der Waals surface area contributed by atoms with Crippen LogP contribution in [0.15, 0.2) is 0 Å². The molecule has 0 saturated carbocycles. The molecule has 0 aliphatic rings. The van der Waals surface area contributed by atoms with Gasteiger partial charge in [-0.1, -0.05) is 0 Å². The molecule has 0 aromatic carbocycles. The molecule has 4 heteroatoms. The fraction of sp³-hybridized carbons (Fsp3) is 0. The van der Waals surface area contributed by atoms with Crippen LogP contribution in [0.3, 0.4) is 0 Å². The van der Waals surface area contributed by atoms with Crippen LogP contribution in [0.4, 0.5) is 4.20 Å². The molecule has 0 aliphatic carbocycles. The van der Waals surface area contributed by atoms with Gasteiger partial charge < -0.3 is 0 Å². The lowest BCUT2D eigenvalue weighted by Crippen LogP contribution is -1.29. The van der Waals surface area contributed by atoms with Crippen LogP contribution >= 0.6 is 27.8 Å². The number of hydrogen-bond acceptors (Lipinski definition) is 0. The van der Waals surface area contributed by atoms with Crippen LogP contribution in [0.1, 0.15) is 0 Å². The van der Waals surface area contributed by atoms with Gasteiger partial charge in [0.05, 0.1) is 5.75 Å². The maximum Gasteiger partial charge on any atom is 0.182 e. The van der Waals surface area contributed by atoms with E-state index >= 15 is 0 Å². The molecule has 23 valence electrons. The zero-order valence-corrected chi connectivity index (χ0v) is 4.83. The SMILES string of the molecule is [3H][B]P(F)I. The van der Waals surface area contributed by atoms with Crippen molar-refractivity contribution in [3.8, 4) is 0 Å². The average molecular weight is 191 g/mol. The molecular weight excluding hydrogens is 188 g/mol. The Kier molecular flexibility index (Phi) is 2.01. The lowest BCUT2D eigenvalue weighted by atomic mass is 10.8. The van der Waals surface area contributed by atoms with E-state index in [-0.39, 0.29) is 0 Å². The molecule has 0 heterocycles. The Morgan fingerprint density at radius 2 is 2.75 bits per heavy atom. The van der Waals surface area contributed by atoms with Crippen molar-refractivity contribution in [2.24, 2.45) is 0 Å². The Morgan fingerprint density at radius 3 is 2.75 bits per heavy atom. The van der Waals surface area contributed by atoms with Gasteiger partial charge in [0.1, 0.15) is 0 Å². The van der Waals surface area contributed by atoms with Crippen molar-refractivity contribution in [1.29, 1.82) is 1.34 Å². The van der Waals surface area contributed by atoms with Crippen LogP contribution in [-0.4, -0.2) is 8.86 Å². The maximum absolute atomic E-state index is 11.2. The van der Waals surface area contributed by atoms with Crippen LogP contribution in [-0.2, 0) is 0 Å². The molecule has 0 rings (SSSR count). The highest BCUT2D eigenvalue weighted by Gasteiger charge is 1.77. The predicted octanol–water partition coefficient (Wildman–Crippen LogP) is 1.52. The van der Waals surface area contributed by atoms with E-state index in [2.05, 4.69) is 0 Å². The van der Waals surface area contributed by atoms with Crippen molar-refractivity contribution in [3.05, 3.63) is 0 Å². The van der Waals surface area contributed by atoms with Crippen molar-refractivity contribution in [2.75, 3.05) is 0 Å². The molecule has 0 bridgehead atoms. The van der Waals surface area contributed by atoms with E-state index in [1.54, 1.807) is 22.0 Å². The Morgan fingerprint density at radius 1 is 2.50 bits per heavy atom. The summed E-state index contributed by atoms with van der Waals surface area (Å²) < 4.78 is 17.4. The molecule has 1 atom stereocenters. The average Bonchev–Trinajstić information content (AvgIpc) is 1.38. The Hall–Kier alpha value is 1.15. The van der Waals surface area contributed by atoms with Gasteiger partial charge >= 0.3 is 0 Å². The molecule has 0 N–H and O–H groups in total. The third-order valence-corrected chi connectivity index (χ3v) is 0. The van der Waals surface area contributed by atoms with Crippen LogP contribution in [0, 0.1) is 0 Å².